The molecule has 0 bridgehead atoms. The van der Waals surface area contributed by atoms with Gasteiger partial charge in [0.2, 0.25) is 0 Å². The summed E-state index contributed by atoms with van der Waals surface area (Å²) >= 11 is 0. The molecule has 108 valence electrons. The molecule has 1 aliphatic rings. The predicted octanol–water partition coefficient (Wildman–Crippen LogP) is 1.49. The van der Waals surface area contributed by atoms with E-state index in [0.29, 0.717) is 19.6 Å². The van der Waals surface area contributed by atoms with Gasteiger partial charge in [0.05, 0.1) is 24.8 Å². The molecule has 1 unspecified atom stereocenters. The zero-order valence-electron chi connectivity index (χ0n) is 11.3. The highest BCUT2D eigenvalue weighted by molar-refractivity contribution is 5.66. The van der Waals surface area contributed by atoms with Crippen LogP contribution in [0.2, 0.25) is 0 Å². The molecule has 1 heterocycles. The number of carboxylic acid groups (broad SMARTS) is 1. The fourth-order valence-electron chi connectivity index (χ4n) is 2.64. The van der Waals surface area contributed by atoms with Crippen molar-refractivity contribution in [2.24, 2.45) is 5.73 Å². The average Bonchev–Trinajstić information content (AvgIpc) is 2.74. The van der Waals surface area contributed by atoms with Crippen LogP contribution >= 0.6 is 0 Å². The third-order valence-electron chi connectivity index (χ3n) is 3.55. The summed E-state index contributed by atoms with van der Waals surface area (Å²) in [7, 11) is 0. The summed E-state index contributed by atoms with van der Waals surface area (Å²) in [5, 5.41) is 9.32. The van der Waals surface area contributed by atoms with Crippen LogP contribution in [0.4, 0.5) is 4.79 Å². The minimum Gasteiger partial charge on any atom is -0.465 e. The molecule has 0 aromatic heterocycles. The van der Waals surface area contributed by atoms with Gasteiger partial charge in [0.25, 0.3) is 0 Å². The van der Waals surface area contributed by atoms with E-state index >= 15 is 0 Å². The second-order valence-corrected chi connectivity index (χ2v) is 4.94. The van der Waals surface area contributed by atoms with E-state index in [1.165, 1.54) is 4.90 Å². The van der Waals surface area contributed by atoms with Gasteiger partial charge in [0.15, 0.2) is 0 Å². The Labute approximate surface area is 118 Å². The highest BCUT2D eigenvalue weighted by Gasteiger charge is 2.43. The minimum atomic E-state index is -0.953. The molecule has 5 nitrogen and oxygen atoms in total. The van der Waals surface area contributed by atoms with E-state index in [0.717, 1.165) is 5.56 Å². The van der Waals surface area contributed by atoms with Crippen molar-refractivity contribution < 1.29 is 14.6 Å². The topological polar surface area (TPSA) is 75.8 Å². The van der Waals surface area contributed by atoms with E-state index in [2.05, 4.69) is 6.58 Å². The lowest BCUT2D eigenvalue weighted by Gasteiger charge is -2.26. The lowest BCUT2D eigenvalue weighted by atomic mass is 10.0. The van der Waals surface area contributed by atoms with E-state index in [1.807, 2.05) is 30.3 Å². The van der Waals surface area contributed by atoms with E-state index in [-0.39, 0.29) is 18.2 Å². The van der Waals surface area contributed by atoms with Gasteiger partial charge < -0.3 is 20.5 Å². The Morgan fingerprint density at radius 3 is 2.80 bits per heavy atom. The highest BCUT2D eigenvalue weighted by atomic mass is 16.5. The molecular weight excluding hydrogens is 256 g/mol. The van der Waals surface area contributed by atoms with E-state index in [9.17, 15) is 9.90 Å². The average molecular weight is 276 g/mol. The summed E-state index contributed by atoms with van der Waals surface area (Å²) in [5.41, 5.74) is 7.10. The van der Waals surface area contributed by atoms with Crippen LogP contribution in [0.1, 0.15) is 5.56 Å². The normalized spacial score (nSPS) is 25.6. The second-order valence-electron chi connectivity index (χ2n) is 4.94. The quantitative estimate of drug-likeness (QED) is 0.799. The Bertz CT molecular complexity index is 463. The molecule has 3 atom stereocenters. The number of nitrogens with two attached hydrogens (primary N) is 1. The SMILES string of the molecule is C=CCO[C@@H]1C(Cc2ccccc2)N(C(=O)O)C[C@@H]1N. The van der Waals surface area contributed by atoms with E-state index in [1.54, 1.807) is 6.08 Å². The summed E-state index contributed by atoms with van der Waals surface area (Å²) in [6.07, 6.45) is 0.994. The molecule has 1 aromatic carbocycles. The van der Waals surface area contributed by atoms with Crippen molar-refractivity contribution in [3.05, 3.63) is 48.6 Å². The standard InChI is InChI=1S/C15H20N2O3/c1-2-8-20-14-12(16)10-17(15(18)19)13(14)9-11-6-4-3-5-7-11/h2-7,12-14H,1,8-10,16H2,(H,18,19)/t12-,13?,14-/m0/s1. The van der Waals surface area contributed by atoms with Crippen molar-refractivity contribution in [2.75, 3.05) is 13.2 Å². The molecule has 20 heavy (non-hydrogen) atoms. The first-order chi connectivity index (χ1) is 9.63. The Hall–Kier alpha value is -1.85. The van der Waals surface area contributed by atoms with Crippen molar-refractivity contribution in [2.45, 2.75) is 24.6 Å². The Balaban J connectivity index is 2.17. The zero-order chi connectivity index (χ0) is 14.5. The highest BCUT2D eigenvalue weighted by Crippen LogP contribution is 2.24. The van der Waals surface area contributed by atoms with Gasteiger partial charge in [-0.05, 0) is 12.0 Å². The van der Waals surface area contributed by atoms with Crippen LogP contribution in [0.3, 0.4) is 0 Å². The van der Waals surface area contributed by atoms with Gasteiger partial charge in [-0.15, -0.1) is 6.58 Å². The van der Waals surface area contributed by atoms with Crippen LogP contribution in [-0.2, 0) is 11.2 Å². The fraction of sp³-hybridized carbons (Fsp3) is 0.400. The number of benzene rings is 1. The molecule has 1 aromatic rings. The van der Waals surface area contributed by atoms with Crippen molar-refractivity contribution in [1.29, 1.82) is 0 Å². The van der Waals surface area contributed by atoms with Gasteiger partial charge in [-0.1, -0.05) is 36.4 Å². The Morgan fingerprint density at radius 2 is 2.20 bits per heavy atom. The molecule has 0 spiro atoms. The van der Waals surface area contributed by atoms with Gasteiger partial charge in [0, 0.05) is 6.54 Å². The third-order valence-corrected chi connectivity index (χ3v) is 3.55. The number of rotatable bonds is 5. The molecular formula is C15H20N2O3. The molecule has 0 aliphatic carbocycles. The fourth-order valence-corrected chi connectivity index (χ4v) is 2.64. The third kappa shape index (κ3) is 3.18. The van der Waals surface area contributed by atoms with Crippen LogP contribution in [-0.4, -0.2) is 47.4 Å². The van der Waals surface area contributed by atoms with Gasteiger partial charge in [-0.2, -0.15) is 0 Å². The molecule has 1 fully saturated rings. The number of hydrogen-bond donors (Lipinski definition) is 2. The first-order valence-corrected chi connectivity index (χ1v) is 6.65. The first-order valence-electron chi connectivity index (χ1n) is 6.65. The molecule has 1 aliphatic heterocycles. The number of amides is 1. The van der Waals surface area contributed by atoms with Crippen molar-refractivity contribution >= 4 is 6.09 Å². The molecule has 1 amide bonds. The van der Waals surface area contributed by atoms with Crippen LogP contribution in [0.15, 0.2) is 43.0 Å². The summed E-state index contributed by atoms with van der Waals surface area (Å²) in [5.74, 6) is 0. The van der Waals surface area contributed by atoms with Crippen molar-refractivity contribution in [3.63, 3.8) is 0 Å². The molecule has 5 heteroatoms. The van der Waals surface area contributed by atoms with E-state index in [4.69, 9.17) is 10.5 Å². The van der Waals surface area contributed by atoms with Gasteiger partial charge >= 0.3 is 6.09 Å². The number of likely N-dealkylation sites (tertiary alicyclic amines) is 1. The lowest BCUT2D eigenvalue weighted by molar-refractivity contribution is 0.0374. The van der Waals surface area contributed by atoms with Gasteiger partial charge in [-0.3, -0.25) is 0 Å². The maximum atomic E-state index is 11.4. The lowest BCUT2D eigenvalue weighted by Crippen LogP contribution is -2.43. The molecule has 2 rings (SSSR count). The molecule has 0 saturated carbocycles. The largest absolute Gasteiger partial charge is 0.465 e. The molecule has 0 radical (unpaired) electrons. The van der Waals surface area contributed by atoms with Gasteiger partial charge in [0.1, 0.15) is 0 Å². The number of hydrogen-bond acceptors (Lipinski definition) is 3. The summed E-state index contributed by atoms with van der Waals surface area (Å²) < 4.78 is 5.68. The number of nitrogens with zero attached hydrogens (tertiary/aromatic N) is 1. The van der Waals surface area contributed by atoms with Crippen molar-refractivity contribution in [3.8, 4) is 0 Å². The maximum absolute atomic E-state index is 11.4. The zero-order valence-corrected chi connectivity index (χ0v) is 11.3. The smallest absolute Gasteiger partial charge is 0.407 e. The number of carbonyl (C=O) groups is 1. The number of ether oxygens (including phenoxy) is 1. The van der Waals surface area contributed by atoms with Gasteiger partial charge in [-0.25, -0.2) is 4.79 Å². The summed E-state index contributed by atoms with van der Waals surface area (Å²) in [4.78, 5) is 12.7. The summed E-state index contributed by atoms with van der Waals surface area (Å²) in [6.45, 7) is 4.29. The summed E-state index contributed by atoms with van der Waals surface area (Å²) in [6, 6.07) is 9.21. The van der Waals surface area contributed by atoms with E-state index < -0.39 is 6.09 Å². The van der Waals surface area contributed by atoms with Crippen molar-refractivity contribution in [1.82, 2.24) is 4.90 Å². The second kappa shape index (κ2) is 6.54. The predicted molar refractivity (Wildman–Crippen MR) is 76.6 cm³/mol. The van der Waals surface area contributed by atoms with Crippen LogP contribution in [0, 0.1) is 0 Å². The molecule has 3 N–H and O–H groups in total. The first kappa shape index (κ1) is 14.6. The molecule has 1 saturated heterocycles. The monoisotopic (exact) mass is 276 g/mol. The van der Waals surface area contributed by atoms with Crippen LogP contribution < -0.4 is 5.73 Å². The Kier molecular flexibility index (Phi) is 4.76. The Morgan fingerprint density at radius 1 is 1.50 bits per heavy atom. The maximum Gasteiger partial charge on any atom is 0.407 e. The van der Waals surface area contributed by atoms with Crippen LogP contribution in [0.5, 0.6) is 0 Å². The minimum absolute atomic E-state index is 0.259. The van der Waals surface area contributed by atoms with Crippen LogP contribution in [0.25, 0.3) is 0 Å².